The summed E-state index contributed by atoms with van der Waals surface area (Å²) in [6.07, 6.45) is 3.30. The van der Waals surface area contributed by atoms with Crippen LogP contribution in [0.3, 0.4) is 0 Å². The van der Waals surface area contributed by atoms with Gasteiger partial charge >= 0.3 is 0 Å². The highest BCUT2D eigenvalue weighted by atomic mass is 35.5. The van der Waals surface area contributed by atoms with Gasteiger partial charge in [0.05, 0.1) is 10.6 Å². The fourth-order valence-electron chi connectivity index (χ4n) is 2.36. The van der Waals surface area contributed by atoms with Crippen molar-refractivity contribution in [1.82, 2.24) is 0 Å². The highest BCUT2D eigenvalue weighted by Gasteiger charge is 2.33. The molecule has 0 aromatic heterocycles. The van der Waals surface area contributed by atoms with Gasteiger partial charge < -0.3 is 4.74 Å². The lowest BCUT2D eigenvalue weighted by atomic mass is 10.1. The van der Waals surface area contributed by atoms with Crippen LogP contribution in [0.5, 0.6) is 5.75 Å². The van der Waals surface area contributed by atoms with Crippen LogP contribution < -0.4 is 9.64 Å². The van der Waals surface area contributed by atoms with Gasteiger partial charge in [0.2, 0.25) is 0 Å². The molecule has 1 fully saturated rings. The molecule has 1 aliphatic heterocycles. The average molecular weight is 406 g/mol. The van der Waals surface area contributed by atoms with E-state index < -0.39 is 5.82 Å². The molecular formula is C19H13ClFNO2S2. The molecule has 1 amide bonds. The molecule has 0 saturated carbocycles. The van der Waals surface area contributed by atoms with Gasteiger partial charge in [0.1, 0.15) is 18.2 Å². The predicted molar refractivity (Wildman–Crippen MR) is 109 cm³/mol. The molecule has 3 nitrogen and oxygen atoms in total. The van der Waals surface area contributed by atoms with E-state index in [4.69, 9.17) is 28.6 Å². The van der Waals surface area contributed by atoms with Crippen LogP contribution in [-0.2, 0) is 4.79 Å². The molecule has 0 bridgehead atoms. The van der Waals surface area contributed by atoms with Crippen molar-refractivity contribution in [2.24, 2.45) is 0 Å². The zero-order valence-electron chi connectivity index (χ0n) is 13.4. The fraction of sp³-hybridized carbons (Fsp3) is 0.0526. The minimum atomic E-state index is -0.435. The van der Waals surface area contributed by atoms with Gasteiger partial charge in [0.15, 0.2) is 4.32 Å². The van der Waals surface area contributed by atoms with E-state index in [1.807, 2.05) is 0 Å². The van der Waals surface area contributed by atoms with Crippen LogP contribution in [0, 0.1) is 5.82 Å². The second-order valence-electron chi connectivity index (χ2n) is 5.28. The van der Waals surface area contributed by atoms with E-state index in [0.717, 1.165) is 11.8 Å². The van der Waals surface area contributed by atoms with Crippen LogP contribution in [-0.4, -0.2) is 16.8 Å². The highest BCUT2D eigenvalue weighted by molar-refractivity contribution is 8.27. The van der Waals surface area contributed by atoms with Gasteiger partial charge in [-0.05, 0) is 42.5 Å². The number of halogens is 2. The number of nitrogens with zero attached hydrogens (tertiary/aromatic N) is 1. The minimum absolute atomic E-state index is 0.319. The van der Waals surface area contributed by atoms with Crippen LogP contribution >= 0.6 is 35.6 Å². The van der Waals surface area contributed by atoms with Crippen LogP contribution in [0.2, 0.25) is 5.02 Å². The number of amides is 1. The van der Waals surface area contributed by atoms with Crippen molar-refractivity contribution in [2.45, 2.75) is 0 Å². The SMILES string of the molecule is C=CCOc1ccc(Cl)cc1/C=C1\SC(=S)N(c2cccc(F)c2)C1=O. The smallest absolute Gasteiger partial charge is 0.270 e. The Hall–Kier alpha value is -2.15. The fourth-order valence-corrected chi connectivity index (χ4v) is 3.83. The highest BCUT2D eigenvalue weighted by Crippen LogP contribution is 2.37. The van der Waals surface area contributed by atoms with Gasteiger partial charge in [-0.1, -0.05) is 54.3 Å². The third kappa shape index (κ3) is 3.98. The quantitative estimate of drug-likeness (QED) is 0.376. The Morgan fingerprint density at radius 1 is 1.31 bits per heavy atom. The average Bonchev–Trinajstić information content (AvgIpc) is 2.88. The third-order valence-electron chi connectivity index (χ3n) is 3.48. The molecule has 0 spiro atoms. The Kier molecular flexibility index (Phi) is 5.76. The normalized spacial score (nSPS) is 15.6. The Balaban J connectivity index is 1.96. The lowest BCUT2D eigenvalue weighted by Gasteiger charge is -2.14. The maximum atomic E-state index is 13.5. The number of carbonyl (C=O) groups is 1. The number of hydrogen-bond donors (Lipinski definition) is 0. The van der Waals surface area contributed by atoms with E-state index >= 15 is 0 Å². The summed E-state index contributed by atoms with van der Waals surface area (Å²) in [5.41, 5.74) is 1.05. The van der Waals surface area contributed by atoms with Crippen molar-refractivity contribution >= 4 is 57.6 Å². The number of hydrogen-bond acceptors (Lipinski definition) is 4. The molecule has 26 heavy (non-hydrogen) atoms. The van der Waals surface area contributed by atoms with Gasteiger partial charge in [0, 0.05) is 10.6 Å². The van der Waals surface area contributed by atoms with Gasteiger partial charge in [-0.2, -0.15) is 0 Å². The van der Waals surface area contributed by atoms with Crippen molar-refractivity contribution < 1.29 is 13.9 Å². The van der Waals surface area contributed by atoms with E-state index in [-0.39, 0.29) is 5.91 Å². The maximum absolute atomic E-state index is 13.5. The number of carbonyl (C=O) groups excluding carboxylic acids is 1. The van der Waals surface area contributed by atoms with Gasteiger partial charge in [-0.3, -0.25) is 9.69 Å². The molecule has 1 heterocycles. The molecule has 1 aliphatic rings. The zero-order chi connectivity index (χ0) is 18.7. The largest absolute Gasteiger partial charge is 0.489 e. The van der Waals surface area contributed by atoms with E-state index in [2.05, 4.69) is 6.58 Å². The molecule has 0 aliphatic carbocycles. The van der Waals surface area contributed by atoms with Crippen LogP contribution in [0.15, 0.2) is 60.0 Å². The molecule has 3 rings (SSSR count). The molecule has 2 aromatic carbocycles. The lowest BCUT2D eigenvalue weighted by molar-refractivity contribution is -0.113. The Bertz CT molecular complexity index is 930. The van der Waals surface area contributed by atoms with Crippen LogP contribution in [0.1, 0.15) is 5.56 Å². The number of ether oxygens (including phenoxy) is 1. The summed E-state index contributed by atoms with van der Waals surface area (Å²) < 4.78 is 19.4. The van der Waals surface area contributed by atoms with Gasteiger partial charge in [0.25, 0.3) is 5.91 Å². The Morgan fingerprint density at radius 3 is 2.85 bits per heavy atom. The number of thiocarbonyl (C=S) groups is 1. The first-order valence-electron chi connectivity index (χ1n) is 7.56. The second kappa shape index (κ2) is 8.03. The zero-order valence-corrected chi connectivity index (χ0v) is 15.8. The van der Waals surface area contributed by atoms with Crippen molar-refractivity contribution in [2.75, 3.05) is 11.5 Å². The molecule has 132 valence electrons. The molecule has 1 saturated heterocycles. The molecule has 0 unspecified atom stereocenters. The van der Waals surface area contributed by atoms with Crippen LogP contribution in [0.25, 0.3) is 6.08 Å². The molecule has 2 aromatic rings. The summed E-state index contributed by atoms with van der Waals surface area (Å²) >= 11 is 12.5. The number of rotatable bonds is 5. The Labute approximate surface area is 165 Å². The van der Waals surface area contributed by atoms with Gasteiger partial charge in [-0.25, -0.2) is 4.39 Å². The van der Waals surface area contributed by atoms with E-state index in [9.17, 15) is 9.18 Å². The third-order valence-corrected chi connectivity index (χ3v) is 5.01. The summed E-state index contributed by atoms with van der Waals surface area (Å²) in [5, 5.41) is 0.516. The Morgan fingerprint density at radius 2 is 2.12 bits per heavy atom. The van der Waals surface area contributed by atoms with Crippen molar-refractivity contribution in [3.63, 3.8) is 0 Å². The standard InChI is InChI=1S/C19H13ClFNO2S2/c1-2-8-24-16-7-6-13(20)9-12(16)10-17-18(23)22(19(25)26-17)15-5-3-4-14(21)11-15/h2-7,9-11H,1,8H2/b17-10-. The van der Waals surface area contributed by atoms with Crippen LogP contribution in [0.4, 0.5) is 10.1 Å². The number of benzene rings is 2. The molecule has 0 radical (unpaired) electrons. The first-order valence-corrected chi connectivity index (χ1v) is 9.16. The first-order chi connectivity index (χ1) is 12.5. The number of anilines is 1. The summed E-state index contributed by atoms with van der Waals surface area (Å²) in [5.74, 6) is -0.180. The topological polar surface area (TPSA) is 29.5 Å². The van der Waals surface area contributed by atoms with E-state index in [1.165, 1.54) is 23.1 Å². The molecule has 7 heteroatoms. The molecule has 0 N–H and O–H groups in total. The summed E-state index contributed by atoms with van der Waals surface area (Å²) in [6.45, 7) is 3.95. The van der Waals surface area contributed by atoms with E-state index in [1.54, 1.807) is 36.4 Å². The monoisotopic (exact) mass is 405 g/mol. The van der Waals surface area contributed by atoms with Crippen molar-refractivity contribution in [3.05, 3.63) is 76.4 Å². The molecular weight excluding hydrogens is 393 g/mol. The second-order valence-corrected chi connectivity index (χ2v) is 7.39. The van der Waals surface area contributed by atoms with Crippen molar-refractivity contribution in [3.8, 4) is 5.75 Å². The van der Waals surface area contributed by atoms with Crippen molar-refractivity contribution in [1.29, 1.82) is 0 Å². The maximum Gasteiger partial charge on any atom is 0.270 e. The van der Waals surface area contributed by atoms with E-state index in [0.29, 0.717) is 37.9 Å². The molecule has 0 atom stereocenters. The minimum Gasteiger partial charge on any atom is -0.489 e. The summed E-state index contributed by atoms with van der Waals surface area (Å²) in [4.78, 5) is 14.5. The predicted octanol–water partition coefficient (Wildman–Crippen LogP) is 5.45. The first kappa shape index (κ1) is 18.6. The van der Waals surface area contributed by atoms with Gasteiger partial charge in [-0.15, -0.1) is 0 Å². The summed E-state index contributed by atoms with van der Waals surface area (Å²) in [6, 6.07) is 10.9. The lowest BCUT2D eigenvalue weighted by Crippen LogP contribution is -2.27. The number of thioether (sulfide) groups is 1. The summed E-state index contributed by atoms with van der Waals surface area (Å²) in [7, 11) is 0.